The van der Waals surface area contributed by atoms with Crippen LogP contribution in [-0.4, -0.2) is 21.8 Å². The number of amides is 2. The third-order valence-electron chi connectivity index (χ3n) is 1.56. The zero-order valence-corrected chi connectivity index (χ0v) is 7.40. The van der Waals surface area contributed by atoms with Gasteiger partial charge in [0.2, 0.25) is 5.91 Å². The molecule has 0 spiro atoms. The van der Waals surface area contributed by atoms with Crippen molar-refractivity contribution < 1.29 is 14.0 Å². The Hall–Kier alpha value is -1.82. The summed E-state index contributed by atoms with van der Waals surface area (Å²) in [4.78, 5) is 25.5. The number of imide groups is 1. The van der Waals surface area contributed by atoms with E-state index in [-0.39, 0.29) is 5.56 Å². The maximum Gasteiger partial charge on any atom is 0.277 e. The van der Waals surface area contributed by atoms with Gasteiger partial charge in [-0.15, -0.1) is 0 Å². The van der Waals surface area contributed by atoms with Crippen molar-refractivity contribution in [2.24, 2.45) is 5.84 Å². The molecule has 0 atom stereocenters. The molecule has 2 amide bonds. The van der Waals surface area contributed by atoms with Crippen molar-refractivity contribution in [1.82, 2.24) is 9.99 Å². The molecule has 0 saturated carbocycles. The molecule has 1 rings (SSSR count). The van der Waals surface area contributed by atoms with E-state index in [1.165, 1.54) is 6.20 Å². The summed E-state index contributed by atoms with van der Waals surface area (Å²) in [5, 5.41) is 0.346. The number of carbonyl (C=O) groups is 2. The third-order valence-corrected chi connectivity index (χ3v) is 1.56. The molecule has 0 fully saturated rings. The number of carbonyl (C=O) groups excluding carboxylic acids is 2. The summed E-state index contributed by atoms with van der Waals surface area (Å²) >= 11 is 0. The number of aromatic nitrogens is 1. The summed E-state index contributed by atoms with van der Waals surface area (Å²) in [5.74, 6) is 2.74. The molecule has 0 aliphatic rings. The Kier molecular flexibility index (Phi) is 2.88. The first-order valence-electron chi connectivity index (χ1n) is 3.73. The van der Waals surface area contributed by atoms with Gasteiger partial charge in [0.05, 0.1) is 11.8 Å². The van der Waals surface area contributed by atoms with E-state index >= 15 is 0 Å². The first kappa shape index (κ1) is 10.3. The predicted octanol–water partition coefficient (Wildman–Crippen LogP) is 0.0831. The molecule has 0 saturated heterocycles. The van der Waals surface area contributed by atoms with Crippen molar-refractivity contribution >= 4 is 11.8 Å². The molecule has 6 heteroatoms. The maximum atomic E-state index is 13.0. The van der Waals surface area contributed by atoms with Gasteiger partial charge in [-0.1, -0.05) is 0 Å². The minimum absolute atomic E-state index is 0.280. The van der Waals surface area contributed by atoms with Crippen LogP contribution in [0, 0.1) is 5.82 Å². The van der Waals surface area contributed by atoms with Crippen LogP contribution in [0.5, 0.6) is 0 Å². The average molecular weight is 197 g/mol. The van der Waals surface area contributed by atoms with Crippen molar-refractivity contribution in [2.75, 3.05) is 0 Å². The Morgan fingerprint density at radius 2 is 2.21 bits per heavy atom. The Balaban J connectivity index is 3.01. The van der Waals surface area contributed by atoms with Crippen LogP contribution in [0.1, 0.15) is 17.3 Å². The van der Waals surface area contributed by atoms with Crippen molar-refractivity contribution in [1.29, 1.82) is 0 Å². The van der Waals surface area contributed by atoms with E-state index in [9.17, 15) is 14.0 Å². The minimum Gasteiger partial charge on any atom is -0.273 e. The second kappa shape index (κ2) is 3.93. The maximum absolute atomic E-state index is 13.0. The molecule has 0 bridgehead atoms. The van der Waals surface area contributed by atoms with Crippen LogP contribution in [0.2, 0.25) is 0 Å². The van der Waals surface area contributed by atoms with Crippen molar-refractivity contribution in [3.05, 3.63) is 29.8 Å². The molecule has 1 aromatic heterocycles. The van der Waals surface area contributed by atoms with Crippen LogP contribution in [0.15, 0.2) is 18.5 Å². The highest BCUT2D eigenvalue weighted by molar-refractivity contribution is 6.03. The summed E-state index contributed by atoms with van der Waals surface area (Å²) in [5.41, 5.74) is -0.280. The van der Waals surface area contributed by atoms with E-state index in [1.54, 1.807) is 0 Å². The molecule has 1 aromatic rings. The second-order valence-electron chi connectivity index (χ2n) is 2.55. The highest BCUT2D eigenvalue weighted by Crippen LogP contribution is 2.06. The van der Waals surface area contributed by atoms with Crippen molar-refractivity contribution in [2.45, 2.75) is 6.92 Å². The molecule has 2 N–H and O–H groups in total. The average Bonchev–Trinajstić information content (AvgIpc) is 2.16. The number of nitrogens with zero attached hydrogens (tertiary/aromatic N) is 2. The lowest BCUT2D eigenvalue weighted by Crippen LogP contribution is -2.41. The summed E-state index contributed by atoms with van der Waals surface area (Å²) in [6, 6.07) is 1.15. The largest absolute Gasteiger partial charge is 0.277 e. The lowest BCUT2D eigenvalue weighted by atomic mass is 10.2. The number of halogens is 1. The molecule has 14 heavy (non-hydrogen) atoms. The molecule has 5 nitrogen and oxygen atoms in total. The van der Waals surface area contributed by atoms with Gasteiger partial charge in [0, 0.05) is 13.1 Å². The Labute approximate surface area is 79.3 Å². The monoisotopic (exact) mass is 197 g/mol. The van der Waals surface area contributed by atoms with Crippen LogP contribution in [-0.2, 0) is 4.79 Å². The lowest BCUT2D eigenvalue weighted by Gasteiger charge is -2.11. The van der Waals surface area contributed by atoms with E-state index in [4.69, 9.17) is 5.84 Å². The van der Waals surface area contributed by atoms with Gasteiger partial charge in [-0.3, -0.25) is 14.6 Å². The Bertz CT molecular complexity index is 381. The SMILES string of the molecule is CC(=O)N(N)C(=O)c1ccncc1F. The molecule has 0 aliphatic carbocycles. The van der Waals surface area contributed by atoms with E-state index < -0.39 is 17.6 Å². The van der Waals surface area contributed by atoms with E-state index in [0.717, 1.165) is 19.2 Å². The quantitative estimate of drug-likeness (QED) is 0.393. The second-order valence-corrected chi connectivity index (χ2v) is 2.55. The fourth-order valence-electron chi connectivity index (χ4n) is 0.821. The van der Waals surface area contributed by atoms with Gasteiger partial charge in [0.1, 0.15) is 0 Å². The fourth-order valence-corrected chi connectivity index (χ4v) is 0.821. The number of hydrazine groups is 1. The van der Waals surface area contributed by atoms with E-state index in [0.29, 0.717) is 5.01 Å². The van der Waals surface area contributed by atoms with Gasteiger partial charge in [0.25, 0.3) is 5.91 Å². The fraction of sp³-hybridized carbons (Fsp3) is 0.125. The zero-order chi connectivity index (χ0) is 10.7. The van der Waals surface area contributed by atoms with Crippen molar-refractivity contribution in [3.63, 3.8) is 0 Å². The Morgan fingerprint density at radius 3 is 2.71 bits per heavy atom. The van der Waals surface area contributed by atoms with Gasteiger partial charge in [-0.25, -0.2) is 15.2 Å². The zero-order valence-electron chi connectivity index (χ0n) is 7.40. The summed E-state index contributed by atoms with van der Waals surface area (Å²) in [6.45, 7) is 1.11. The molecule has 0 unspecified atom stereocenters. The van der Waals surface area contributed by atoms with E-state index in [1.807, 2.05) is 0 Å². The Morgan fingerprint density at radius 1 is 1.57 bits per heavy atom. The van der Waals surface area contributed by atoms with Crippen LogP contribution in [0.4, 0.5) is 4.39 Å². The minimum atomic E-state index is -0.891. The molecule has 0 radical (unpaired) electrons. The number of pyridine rings is 1. The topological polar surface area (TPSA) is 76.3 Å². The molecule has 1 heterocycles. The lowest BCUT2D eigenvalue weighted by molar-refractivity contribution is -0.126. The normalized spacial score (nSPS) is 9.64. The van der Waals surface area contributed by atoms with Gasteiger partial charge in [-0.2, -0.15) is 0 Å². The van der Waals surface area contributed by atoms with Gasteiger partial charge in [0.15, 0.2) is 5.82 Å². The van der Waals surface area contributed by atoms with Crippen LogP contribution in [0.25, 0.3) is 0 Å². The molecular weight excluding hydrogens is 189 g/mol. The third kappa shape index (κ3) is 1.91. The number of hydrogen-bond donors (Lipinski definition) is 1. The predicted molar refractivity (Wildman–Crippen MR) is 45.2 cm³/mol. The molecule has 74 valence electrons. The number of hydrogen-bond acceptors (Lipinski definition) is 4. The highest BCUT2D eigenvalue weighted by atomic mass is 19.1. The molecule has 0 aromatic carbocycles. The number of nitrogens with two attached hydrogens (primary N) is 1. The molecule has 0 aliphatic heterocycles. The summed E-state index contributed by atoms with van der Waals surface area (Å²) in [7, 11) is 0. The van der Waals surface area contributed by atoms with Crippen LogP contribution >= 0.6 is 0 Å². The van der Waals surface area contributed by atoms with E-state index in [2.05, 4.69) is 4.98 Å². The standard InChI is InChI=1S/C8H8FN3O2/c1-5(13)12(10)8(14)6-2-3-11-4-7(6)9/h2-4H,10H2,1H3. The summed E-state index contributed by atoms with van der Waals surface area (Å²) < 4.78 is 13.0. The van der Waals surface area contributed by atoms with Crippen molar-refractivity contribution in [3.8, 4) is 0 Å². The van der Waals surface area contributed by atoms with Gasteiger partial charge < -0.3 is 0 Å². The molecular formula is C8H8FN3O2. The first-order chi connectivity index (χ1) is 6.54. The van der Waals surface area contributed by atoms with Gasteiger partial charge >= 0.3 is 0 Å². The van der Waals surface area contributed by atoms with Gasteiger partial charge in [-0.05, 0) is 6.07 Å². The number of rotatable bonds is 1. The highest BCUT2D eigenvalue weighted by Gasteiger charge is 2.19. The van der Waals surface area contributed by atoms with Crippen LogP contribution in [0.3, 0.4) is 0 Å². The first-order valence-corrected chi connectivity index (χ1v) is 3.73. The summed E-state index contributed by atoms with van der Waals surface area (Å²) in [6.07, 6.45) is 2.12. The smallest absolute Gasteiger partial charge is 0.273 e. The van der Waals surface area contributed by atoms with Crippen LogP contribution < -0.4 is 5.84 Å².